The molecular weight excluding hydrogens is 244 g/mol. The summed E-state index contributed by atoms with van der Waals surface area (Å²) in [6.45, 7) is 1.31. The van der Waals surface area contributed by atoms with Gasteiger partial charge in [-0.05, 0) is 12.5 Å². The Balaban J connectivity index is 2.54. The first-order valence-corrected chi connectivity index (χ1v) is 5.77. The summed E-state index contributed by atoms with van der Waals surface area (Å²) in [4.78, 5) is 19.3. The van der Waals surface area contributed by atoms with Gasteiger partial charge in [-0.3, -0.25) is 4.79 Å². The van der Waals surface area contributed by atoms with Crippen molar-refractivity contribution in [3.63, 3.8) is 0 Å². The summed E-state index contributed by atoms with van der Waals surface area (Å²) in [6.07, 6.45) is 1.35. The number of hydrogen-bond acceptors (Lipinski definition) is 5. The van der Waals surface area contributed by atoms with Crippen molar-refractivity contribution >= 4 is 5.78 Å². The maximum Gasteiger partial charge on any atom is 0.224 e. The van der Waals surface area contributed by atoms with Gasteiger partial charge in [-0.1, -0.05) is 24.3 Å². The quantitative estimate of drug-likeness (QED) is 0.847. The molecule has 0 unspecified atom stereocenters. The molecule has 0 aliphatic rings. The molecule has 2 rings (SSSR count). The van der Waals surface area contributed by atoms with Gasteiger partial charge in [-0.25, -0.2) is 9.97 Å². The number of aromatic nitrogens is 2. The number of carbonyl (C=O) groups excluding carboxylic acids is 1. The van der Waals surface area contributed by atoms with Crippen molar-refractivity contribution in [1.82, 2.24) is 9.97 Å². The predicted octanol–water partition coefficient (Wildman–Crippen LogP) is 1.85. The van der Waals surface area contributed by atoms with Crippen molar-refractivity contribution in [2.75, 3.05) is 7.11 Å². The maximum absolute atomic E-state index is 11.3. The van der Waals surface area contributed by atoms with Gasteiger partial charge in [0.1, 0.15) is 6.33 Å². The maximum atomic E-state index is 11.3. The predicted molar refractivity (Wildman–Crippen MR) is 69.9 cm³/mol. The smallest absolute Gasteiger partial charge is 0.224 e. The average molecular weight is 258 g/mol. The first-order valence-electron chi connectivity index (χ1n) is 5.77. The SMILES string of the molecule is COc1ncnc(CO)c1-c1ccc(C(C)=O)cc1. The number of Topliss-reactive ketones (excluding diaryl/α,β-unsaturated/α-hetero) is 1. The highest BCUT2D eigenvalue weighted by Gasteiger charge is 2.13. The van der Waals surface area contributed by atoms with Crippen molar-refractivity contribution in [3.05, 3.63) is 41.9 Å². The molecule has 1 aromatic heterocycles. The van der Waals surface area contributed by atoms with Crippen molar-refractivity contribution < 1.29 is 14.6 Å². The van der Waals surface area contributed by atoms with E-state index in [2.05, 4.69) is 9.97 Å². The molecule has 0 atom stereocenters. The zero-order valence-electron chi connectivity index (χ0n) is 10.8. The molecule has 0 saturated carbocycles. The highest BCUT2D eigenvalue weighted by molar-refractivity contribution is 5.94. The van der Waals surface area contributed by atoms with E-state index in [-0.39, 0.29) is 12.4 Å². The molecule has 19 heavy (non-hydrogen) atoms. The Labute approximate surface area is 110 Å². The lowest BCUT2D eigenvalue weighted by Crippen LogP contribution is -2.00. The van der Waals surface area contributed by atoms with E-state index >= 15 is 0 Å². The van der Waals surface area contributed by atoms with Gasteiger partial charge >= 0.3 is 0 Å². The van der Waals surface area contributed by atoms with Crippen LogP contribution in [-0.2, 0) is 6.61 Å². The van der Waals surface area contributed by atoms with Crippen LogP contribution in [0, 0.1) is 0 Å². The molecular formula is C14H14N2O3. The summed E-state index contributed by atoms with van der Waals surface area (Å²) >= 11 is 0. The topological polar surface area (TPSA) is 72.3 Å². The Hall–Kier alpha value is -2.27. The van der Waals surface area contributed by atoms with Crippen LogP contribution in [0.3, 0.4) is 0 Å². The molecule has 0 saturated heterocycles. The number of nitrogens with zero attached hydrogens (tertiary/aromatic N) is 2. The minimum absolute atomic E-state index is 0.00482. The number of aliphatic hydroxyl groups is 1. The lowest BCUT2D eigenvalue weighted by Gasteiger charge is -2.10. The molecule has 0 fully saturated rings. The molecule has 0 spiro atoms. The number of rotatable bonds is 4. The Morgan fingerprint density at radius 3 is 2.47 bits per heavy atom. The van der Waals surface area contributed by atoms with Gasteiger partial charge < -0.3 is 9.84 Å². The van der Waals surface area contributed by atoms with Crippen LogP contribution in [0.5, 0.6) is 5.88 Å². The molecule has 0 aliphatic carbocycles. The summed E-state index contributed by atoms with van der Waals surface area (Å²) in [5.41, 5.74) is 2.56. The minimum atomic E-state index is -0.206. The Bertz CT molecular complexity index is 572. The summed E-state index contributed by atoms with van der Waals surface area (Å²) < 4.78 is 5.19. The highest BCUT2D eigenvalue weighted by Crippen LogP contribution is 2.30. The highest BCUT2D eigenvalue weighted by atomic mass is 16.5. The van der Waals surface area contributed by atoms with E-state index in [1.165, 1.54) is 20.4 Å². The summed E-state index contributed by atoms with van der Waals surface area (Å²) in [6, 6.07) is 7.03. The van der Waals surface area contributed by atoms with Gasteiger partial charge in [-0.15, -0.1) is 0 Å². The largest absolute Gasteiger partial charge is 0.480 e. The molecule has 1 aromatic carbocycles. The van der Waals surface area contributed by atoms with Gasteiger partial charge in [0.2, 0.25) is 5.88 Å². The normalized spacial score (nSPS) is 10.3. The lowest BCUT2D eigenvalue weighted by molar-refractivity contribution is 0.101. The second kappa shape index (κ2) is 5.58. The molecule has 0 bridgehead atoms. The molecule has 0 amide bonds. The Morgan fingerprint density at radius 1 is 1.26 bits per heavy atom. The summed E-state index contributed by atoms with van der Waals surface area (Å²) in [5.74, 6) is 0.403. The molecule has 98 valence electrons. The minimum Gasteiger partial charge on any atom is -0.480 e. The number of ether oxygens (including phenoxy) is 1. The third-order valence-corrected chi connectivity index (χ3v) is 2.81. The van der Waals surface area contributed by atoms with Crippen LogP contribution in [0.4, 0.5) is 0 Å². The van der Waals surface area contributed by atoms with E-state index in [0.29, 0.717) is 22.7 Å². The monoisotopic (exact) mass is 258 g/mol. The van der Waals surface area contributed by atoms with Gasteiger partial charge in [0.05, 0.1) is 25.0 Å². The first kappa shape index (κ1) is 13.2. The number of carbonyl (C=O) groups is 1. The third-order valence-electron chi connectivity index (χ3n) is 2.81. The van der Waals surface area contributed by atoms with Crippen LogP contribution in [-0.4, -0.2) is 28.0 Å². The standard InChI is InChI=1S/C14H14N2O3/c1-9(18)10-3-5-11(6-4-10)13-12(7-17)15-8-16-14(13)19-2/h3-6,8,17H,7H2,1-2H3. The number of methoxy groups -OCH3 is 1. The van der Waals surface area contributed by atoms with Crippen LogP contribution < -0.4 is 4.74 Å². The second-order valence-electron chi connectivity index (χ2n) is 4.00. The van der Waals surface area contributed by atoms with Crippen LogP contribution in [0.25, 0.3) is 11.1 Å². The van der Waals surface area contributed by atoms with Crippen molar-refractivity contribution in [1.29, 1.82) is 0 Å². The van der Waals surface area contributed by atoms with Crippen LogP contribution in [0.1, 0.15) is 23.0 Å². The molecule has 2 aromatic rings. The molecule has 5 nitrogen and oxygen atoms in total. The zero-order chi connectivity index (χ0) is 13.8. The van der Waals surface area contributed by atoms with E-state index in [4.69, 9.17) is 4.74 Å². The Morgan fingerprint density at radius 2 is 1.95 bits per heavy atom. The van der Waals surface area contributed by atoms with Crippen LogP contribution in [0.2, 0.25) is 0 Å². The van der Waals surface area contributed by atoms with Gasteiger partial charge in [0.25, 0.3) is 0 Å². The first-order chi connectivity index (χ1) is 9.17. The molecule has 0 aliphatic heterocycles. The zero-order valence-corrected chi connectivity index (χ0v) is 10.8. The van der Waals surface area contributed by atoms with E-state index in [9.17, 15) is 9.90 Å². The number of benzene rings is 1. The van der Waals surface area contributed by atoms with Crippen LogP contribution in [0.15, 0.2) is 30.6 Å². The van der Waals surface area contributed by atoms with Crippen LogP contribution >= 0.6 is 0 Å². The lowest BCUT2D eigenvalue weighted by atomic mass is 10.0. The van der Waals surface area contributed by atoms with E-state index < -0.39 is 0 Å². The van der Waals surface area contributed by atoms with Gasteiger partial charge in [-0.2, -0.15) is 0 Å². The number of aliphatic hydroxyl groups excluding tert-OH is 1. The summed E-state index contributed by atoms with van der Waals surface area (Å²) in [5, 5.41) is 9.34. The second-order valence-corrected chi connectivity index (χ2v) is 4.00. The molecule has 1 N–H and O–H groups in total. The van der Waals surface area contributed by atoms with Crippen molar-refractivity contribution in [2.45, 2.75) is 13.5 Å². The summed E-state index contributed by atoms with van der Waals surface area (Å²) in [7, 11) is 1.51. The van der Waals surface area contributed by atoms with Crippen molar-refractivity contribution in [3.8, 4) is 17.0 Å². The Kier molecular flexibility index (Phi) is 3.87. The van der Waals surface area contributed by atoms with Crippen molar-refractivity contribution in [2.24, 2.45) is 0 Å². The van der Waals surface area contributed by atoms with E-state index in [1.807, 2.05) is 0 Å². The fraction of sp³-hybridized carbons (Fsp3) is 0.214. The average Bonchev–Trinajstić information content (AvgIpc) is 2.46. The third kappa shape index (κ3) is 2.61. The number of ketones is 1. The molecule has 5 heteroatoms. The van der Waals surface area contributed by atoms with E-state index in [0.717, 1.165) is 5.56 Å². The number of hydrogen-bond donors (Lipinski definition) is 1. The van der Waals surface area contributed by atoms with E-state index in [1.54, 1.807) is 24.3 Å². The molecule has 0 radical (unpaired) electrons. The fourth-order valence-electron chi connectivity index (χ4n) is 1.84. The van der Waals surface area contributed by atoms with Gasteiger partial charge in [0.15, 0.2) is 5.78 Å². The van der Waals surface area contributed by atoms with Gasteiger partial charge in [0, 0.05) is 5.56 Å². The fourth-order valence-corrected chi connectivity index (χ4v) is 1.84. The molecule has 1 heterocycles.